The molecule has 2 aromatic rings. The first-order valence-corrected chi connectivity index (χ1v) is 6.74. The summed E-state index contributed by atoms with van der Waals surface area (Å²) >= 11 is 0. The molecule has 0 spiro atoms. The largest absolute Gasteiger partial charge is 0.493 e. The molecule has 0 aliphatic carbocycles. The molecule has 0 aliphatic heterocycles. The molecule has 0 unspecified atom stereocenters. The van der Waals surface area contributed by atoms with E-state index >= 15 is 0 Å². The van der Waals surface area contributed by atoms with Gasteiger partial charge in [0, 0.05) is 18.3 Å². The third-order valence-electron chi connectivity index (χ3n) is 2.76. The van der Waals surface area contributed by atoms with E-state index in [1.807, 2.05) is 24.3 Å². The molecule has 0 aliphatic rings. The maximum Gasteiger partial charge on any atom is 0.121 e. The van der Waals surface area contributed by atoms with Gasteiger partial charge in [-0.3, -0.25) is 0 Å². The Morgan fingerprint density at radius 2 is 1.79 bits per heavy atom. The average Bonchev–Trinajstić information content (AvgIpc) is 2.44. The number of rotatable bonds is 6. The van der Waals surface area contributed by atoms with Gasteiger partial charge in [-0.1, -0.05) is 50.2 Å². The Labute approximate surface area is 115 Å². The van der Waals surface area contributed by atoms with Gasteiger partial charge in [0.1, 0.15) is 5.75 Å². The third-order valence-corrected chi connectivity index (χ3v) is 2.76. The summed E-state index contributed by atoms with van der Waals surface area (Å²) in [5.74, 6) is 1.47. The molecule has 0 radical (unpaired) electrons. The monoisotopic (exact) mass is 255 g/mol. The second-order valence-corrected chi connectivity index (χ2v) is 5.07. The number of anilines is 1. The number of hydrogen-bond donors (Lipinski definition) is 1. The van der Waals surface area contributed by atoms with Crippen molar-refractivity contribution in [3.8, 4) is 5.75 Å². The molecule has 2 aromatic carbocycles. The second-order valence-electron chi connectivity index (χ2n) is 5.07. The zero-order valence-electron chi connectivity index (χ0n) is 11.6. The summed E-state index contributed by atoms with van der Waals surface area (Å²) in [6.45, 7) is 5.88. The predicted octanol–water partition coefficient (Wildman–Crippen LogP) is 4.33. The first kappa shape index (κ1) is 13.5. The van der Waals surface area contributed by atoms with Crippen LogP contribution in [0.5, 0.6) is 5.75 Å². The zero-order valence-corrected chi connectivity index (χ0v) is 11.6. The lowest BCUT2D eigenvalue weighted by Crippen LogP contribution is -2.05. The topological polar surface area (TPSA) is 21.3 Å². The molecule has 0 amide bonds. The molecule has 0 heterocycles. The normalized spacial score (nSPS) is 10.5. The number of nitrogens with one attached hydrogen (secondary N) is 1. The van der Waals surface area contributed by atoms with Crippen molar-refractivity contribution in [3.05, 3.63) is 60.2 Å². The summed E-state index contributed by atoms with van der Waals surface area (Å²) in [7, 11) is 0. The van der Waals surface area contributed by atoms with Gasteiger partial charge in [-0.2, -0.15) is 0 Å². The first-order valence-electron chi connectivity index (χ1n) is 6.74. The molecule has 0 saturated heterocycles. The van der Waals surface area contributed by atoms with Crippen molar-refractivity contribution in [1.82, 2.24) is 0 Å². The highest BCUT2D eigenvalue weighted by Crippen LogP contribution is 2.18. The maximum absolute atomic E-state index is 5.72. The predicted molar refractivity (Wildman–Crippen MR) is 80.5 cm³/mol. The van der Waals surface area contributed by atoms with Crippen LogP contribution in [0.1, 0.15) is 19.4 Å². The van der Waals surface area contributed by atoms with E-state index < -0.39 is 0 Å². The van der Waals surface area contributed by atoms with E-state index in [1.165, 1.54) is 5.56 Å². The van der Waals surface area contributed by atoms with E-state index in [9.17, 15) is 0 Å². The summed E-state index contributed by atoms with van der Waals surface area (Å²) in [6, 6.07) is 18.5. The molecule has 2 nitrogen and oxygen atoms in total. The number of ether oxygens (including phenoxy) is 1. The number of benzene rings is 2. The Morgan fingerprint density at radius 1 is 1.00 bits per heavy atom. The Balaban J connectivity index is 1.91. The second kappa shape index (κ2) is 6.83. The van der Waals surface area contributed by atoms with E-state index in [1.54, 1.807) is 0 Å². The van der Waals surface area contributed by atoms with Crippen LogP contribution in [0, 0.1) is 5.92 Å². The van der Waals surface area contributed by atoms with E-state index in [-0.39, 0.29) is 0 Å². The first-order chi connectivity index (χ1) is 9.24. The van der Waals surface area contributed by atoms with Crippen LogP contribution in [-0.2, 0) is 6.54 Å². The van der Waals surface area contributed by atoms with Crippen LogP contribution in [0.2, 0.25) is 0 Å². The fourth-order valence-electron chi connectivity index (χ4n) is 1.76. The minimum Gasteiger partial charge on any atom is -0.493 e. The van der Waals surface area contributed by atoms with Crippen molar-refractivity contribution in [2.24, 2.45) is 5.92 Å². The van der Waals surface area contributed by atoms with Gasteiger partial charge in [0.25, 0.3) is 0 Å². The molecule has 0 aromatic heterocycles. The smallest absolute Gasteiger partial charge is 0.121 e. The molecule has 2 heteroatoms. The van der Waals surface area contributed by atoms with Gasteiger partial charge in [-0.05, 0) is 23.6 Å². The van der Waals surface area contributed by atoms with Crippen LogP contribution >= 0.6 is 0 Å². The highest BCUT2D eigenvalue weighted by Gasteiger charge is 1.99. The molecule has 100 valence electrons. The Kier molecular flexibility index (Phi) is 4.85. The lowest BCUT2D eigenvalue weighted by atomic mass is 10.2. The maximum atomic E-state index is 5.72. The van der Waals surface area contributed by atoms with Gasteiger partial charge < -0.3 is 10.1 Å². The van der Waals surface area contributed by atoms with Crippen molar-refractivity contribution >= 4 is 5.69 Å². The van der Waals surface area contributed by atoms with E-state index in [2.05, 4.69) is 49.5 Å². The molecule has 2 rings (SSSR count). The van der Waals surface area contributed by atoms with Crippen LogP contribution in [0.4, 0.5) is 5.69 Å². The van der Waals surface area contributed by atoms with Crippen LogP contribution < -0.4 is 10.1 Å². The Morgan fingerprint density at radius 3 is 2.53 bits per heavy atom. The molecule has 0 bridgehead atoms. The van der Waals surface area contributed by atoms with Gasteiger partial charge in [0.15, 0.2) is 0 Å². The van der Waals surface area contributed by atoms with Crippen molar-refractivity contribution in [3.63, 3.8) is 0 Å². The lowest BCUT2D eigenvalue weighted by Gasteiger charge is -2.11. The van der Waals surface area contributed by atoms with E-state index in [4.69, 9.17) is 4.74 Å². The highest BCUT2D eigenvalue weighted by molar-refractivity contribution is 5.48. The molecule has 0 fully saturated rings. The minimum absolute atomic E-state index is 0.543. The molecular weight excluding hydrogens is 234 g/mol. The Hall–Kier alpha value is -1.96. The molecule has 0 atom stereocenters. The van der Waals surface area contributed by atoms with Crippen molar-refractivity contribution < 1.29 is 4.74 Å². The molecular formula is C17H21NO. The molecule has 0 saturated carbocycles. The van der Waals surface area contributed by atoms with E-state index in [0.717, 1.165) is 24.6 Å². The van der Waals surface area contributed by atoms with Crippen molar-refractivity contribution in [1.29, 1.82) is 0 Å². The van der Waals surface area contributed by atoms with Gasteiger partial charge in [0.2, 0.25) is 0 Å². The minimum atomic E-state index is 0.543. The van der Waals surface area contributed by atoms with Crippen LogP contribution in [0.3, 0.4) is 0 Å². The van der Waals surface area contributed by atoms with Crippen LogP contribution in [-0.4, -0.2) is 6.61 Å². The standard InChI is InChI=1S/C17H21NO/c1-14(2)13-19-17-10-6-9-16(11-17)18-12-15-7-4-3-5-8-15/h3-11,14,18H,12-13H2,1-2H3. The molecule has 19 heavy (non-hydrogen) atoms. The fourth-order valence-corrected chi connectivity index (χ4v) is 1.76. The van der Waals surface area contributed by atoms with Gasteiger partial charge >= 0.3 is 0 Å². The van der Waals surface area contributed by atoms with Crippen molar-refractivity contribution in [2.45, 2.75) is 20.4 Å². The van der Waals surface area contributed by atoms with Crippen LogP contribution in [0.25, 0.3) is 0 Å². The quantitative estimate of drug-likeness (QED) is 0.829. The lowest BCUT2D eigenvalue weighted by molar-refractivity contribution is 0.271. The zero-order chi connectivity index (χ0) is 13.5. The van der Waals surface area contributed by atoms with Crippen LogP contribution in [0.15, 0.2) is 54.6 Å². The third kappa shape index (κ3) is 4.66. The van der Waals surface area contributed by atoms with Gasteiger partial charge in [-0.15, -0.1) is 0 Å². The summed E-state index contributed by atoms with van der Waals surface area (Å²) < 4.78 is 5.72. The number of hydrogen-bond acceptors (Lipinski definition) is 2. The summed E-state index contributed by atoms with van der Waals surface area (Å²) in [6.07, 6.45) is 0. The fraction of sp³-hybridized carbons (Fsp3) is 0.294. The summed E-state index contributed by atoms with van der Waals surface area (Å²) in [5.41, 5.74) is 2.36. The molecule has 1 N–H and O–H groups in total. The highest BCUT2D eigenvalue weighted by atomic mass is 16.5. The summed E-state index contributed by atoms with van der Waals surface area (Å²) in [4.78, 5) is 0. The average molecular weight is 255 g/mol. The SMILES string of the molecule is CC(C)COc1cccc(NCc2ccccc2)c1. The van der Waals surface area contributed by atoms with Gasteiger partial charge in [0.05, 0.1) is 6.61 Å². The van der Waals surface area contributed by atoms with E-state index in [0.29, 0.717) is 5.92 Å². The van der Waals surface area contributed by atoms with Gasteiger partial charge in [-0.25, -0.2) is 0 Å². The Bertz CT molecular complexity index is 494. The van der Waals surface area contributed by atoms with Crippen molar-refractivity contribution in [2.75, 3.05) is 11.9 Å². The summed E-state index contributed by atoms with van der Waals surface area (Å²) in [5, 5.41) is 3.41.